The number of alkyl halides is 3. The van der Waals surface area contributed by atoms with Crippen molar-refractivity contribution in [3.63, 3.8) is 0 Å². The molecule has 0 aliphatic carbocycles. The van der Waals surface area contributed by atoms with Crippen LogP contribution in [0.5, 0.6) is 5.75 Å². The minimum absolute atomic E-state index is 0.108. The molecule has 2 rings (SSSR count). The van der Waals surface area contributed by atoms with Crippen LogP contribution in [0.4, 0.5) is 18.9 Å². The molecule has 0 spiro atoms. The number of benzene rings is 1. The molecular formula is C15H15F3N2O5. The van der Waals surface area contributed by atoms with Crippen molar-refractivity contribution in [3.05, 3.63) is 24.3 Å². The predicted octanol–water partition coefficient (Wildman–Crippen LogP) is 1.32. The molecule has 1 aromatic carbocycles. The average Bonchev–Trinajstić information content (AvgIpc) is 2.52. The van der Waals surface area contributed by atoms with E-state index in [-0.39, 0.29) is 19.6 Å². The fourth-order valence-electron chi connectivity index (χ4n) is 2.31. The number of para-hydroxylation sites is 2. The van der Waals surface area contributed by atoms with Gasteiger partial charge >= 0.3 is 12.1 Å². The number of rotatable bonds is 6. The third-order valence-electron chi connectivity index (χ3n) is 3.44. The van der Waals surface area contributed by atoms with Crippen molar-refractivity contribution in [3.8, 4) is 5.75 Å². The molecule has 2 amide bonds. The number of amides is 2. The van der Waals surface area contributed by atoms with E-state index in [0.717, 1.165) is 0 Å². The molecule has 0 saturated heterocycles. The van der Waals surface area contributed by atoms with Gasteiger partial charge in [-0.15, -0.1) is 0 Å². The Morgan fingerprint density at radius 1 is 1.32 bits per heavy atom. The van der Waals surface area contributed by atoms with Crippen LogP contribution in [0.25, 0.3) is 0 Å². The largest absolute Gasteiger partial charge is 0.482 e. The Kier molecular flexibility index (Phi) is 5.50. The van der Waals surface area contributed by atoms with E-state index >= 15 is 0 Å². The summed E-state index contributed by atoms with van der Waals surface area (Å²) in [4.78, 5) is 35.8. The first-order chi connectivity index (χ1) is 11.7. The van der Waals surface area contributed by atoms with Crippen molar-refractivity contribution in [2.24, 2.45) is 0 Å². The summed E-state index contributed by atoms with van der Waals surface area (Å²) in [5.41, 5.74) is 0.441. The van der Waals surface area contributed by atoms with Crippen LogP contribution >= 0.6 is 0 Å². The molecule has 2 N–H and O–H groups in total. The van der Waals surface area contributed by atoms with E-state index in [2.05, 4.69) is 0 Å². The number of hydrogen-bond acceptors (Lipinski definition) is 4. The smallest absolute Gasteiger partial charge is 0.391 e. The Morgan fingerprint density at radius 2 is 2.00 bits per heavy atom. The number of anilines is 1. The van der Waals surface area contributed by atoms with E-state index in [9.17, 15) is 27.6 Å². The van der Waals surface area contributed by atoms with Gasteiger partial charge in [-0.05, 0) is 12.1 Å². The molecule has 0 radical (unpaired) electrons. The molecule has 1 unspecified atom stereocenters. The maximum absolute atomic E-state index is 12.3. The fourth-order valence-corrected chi connectivity index (χ4v) is 2.31. The highest BCUT2D eigenvalue weighted by molar-refractivity contribution is 5.98. The first-order valence-corrected chi connectivity index (χ1v) is 7.28. The Morgan fingerprint density at radius 3 is 2.64 bits per heavy atom. The van der Waals surface area contributed by atoms with Gasteiger partial charge in [0.2, 0.25) is 5.91 Å². The molecule has 10 heteroatoms. The molecule has 1 aromatic rings. The lowest BCUT2D eigenvalue weighted by Gasteiger charge is -2.29. The number of carbonyl (C=O) groups is 3. The van der Waals surface area contributed by atoms with Crippen LogP contribution in [0.15, 0.2) is 24.3 Å². The number of halogens is 3. The molecule has 1 aliphatic rings. The lowest BCUT2D eigenvalue weighted by Crippen LogP contribution is -2.45. The Labute approximate surface area is 140 Å². The SMILES string of the molecule is O=C(CCN1C(=O)COc2ccccc21)NC(CC(F)(F)F)C(=O)O. The lowest BCUT2D eigenvalue weighted by molar-refractivity contribution is -0.159. The van der Waals surface area contributed by atoms with Crippen molar-refractivity contribution < 1.29 is 37.4 Å². The van der Waals surface area contributed by atoms with Crippen LogP contribution in [0.3, 0.4) is 0 Å². The van der Waals surface area contributed by atoms with Gasteiger partial charge in [0.05, 0.1) is 12.1 Å². The highest BCUT2D eigenvalue weighted by Crippen LogP contribution is 2.31. The molecular weight excluding hydrogens is 345 g/mol. The molecule has 136 valence electrons. The van der Waals surface area contributed by atoms with Gasteiger partial charge in [-0.3, -0.25) is 9.59 Å². The second-order valence-electron chi connectivity index (χ2n) is 5.33. The summed E-state index contributed by atoms with van der Waals surface area (Å²) >= 11 is 0. The third-order valence-corrected chi connectivity index (χ3v) is 3.44. The van der Waals surface area contributed by atoms with Crippen LogP contribution in [-0.4, -0.2) is 48.3 Å². The molecule has 25 heavy (non-hydrogen) atoms. The number of aliphatic carboxylic acids is 1. The second kappa shape index (κ2) is 7.41. The van der Waals surface area contributed by atoms with Gasteiger partial charge in [-0.1, -0.05) is 12.1 Å². The van der Waals surface area contributed by atoms with Gasteiger partial charge in [-0.25, -0.2) is 4.79 Å². The monoisotopic (exact) mass is 360 g/mol. The van der Waals surface area contributed by atoms with Gasteiger partial charge in [0, 0.05) is 13.0 Å². The van der Waals surface area contributed by atoms with Gasteiger partial charge < -0.3 is 20.1 Å². The van der Waals surface area contributed by atoms with Gasteiger partial charge in [-0.2, -0.15) is 13.2 Å². The fraction of sp³-hybridized carbons (Fsp3) is 0.400. The molecule has 0 fully saturated rings. The molecule has 0 aromatic heterocycles. The average molecular weight is 360 g/mol. The van der Waals surface area contributed by atoms with Crippen LogP contribution in [0, 0.1) is 0 Å². The minimum atomic E-state index is -4.73. The molecule has 1 heterocycles. The van der Waals surface area contributed by atoms with Crippen LogP contribution in [-0.2, 0) is 14.4 Å². The Bertz CT molecular complexity index is 677. The number of carbonyl (C=O) groups excluding carboxylic acids is 2. The van der Waals surface area contributed by atoms with Gasteiger partial charge in [0.1, 0.15) is 11.8 Å². The summed E-state index contributed by atoms with van der Waals surface area (Å²) in [5, 5.41) is 10.6. The van der Waals surface area contributed by atoms with Crippen molar-refractivity contribution in [1.82, 2.24) is 5.32 Å². The molecule has 0 saturated carbocycles. The molecule has 7 nitrogen and oxygen atoms in total. The normalized spacial score (nSPS) is 15.2. The lowest BCUT2D eigenvalue weighted by atomic mass is 10.2. The zero-order valence-corrected chi connectivity index (χ0v) is 12.9. The van der Waals surface area contributed by atoms with Crippen LogP contribution in [0.2, 0.25) is 0 Å². The summed E-state index contributed by atoms with van der Waals surface area (Å²) in [6, 6.07) is 4.54. The molecule has 1 atom stereocenters. The van der Waals surface area contributed by atoms with Crippen molar-refractivity contribution in [1.29, 1.82) is 0 Å². The topological polar surface area (TPSA) is 95.9 Å². The van der Waals surface area contributed by atoms with E-state index in [1.54, 1.807) is 24.3 Å². The molecule has 1 aliphatic heterocycles. The van der Waals surface area contributed by atoms with E-state index in [1.165, 1.54) is 4.90 Å². The van der Waals surface area contributed by atoms with Crippen molar-refractivity contribution in [2.75, 3.05) is 18.1 Å². The van der Waals surface area contributed by atoms with Gasteiger partial charge in [0.15, 0.2) is 6.61 Å². The zero-order chi connectivity index (χ0) is 18.6. The third kappa shape index (κ3) is 5.10. The predicted molar refractivity (Wildman–Crippen MR) is 79.1 cm³/mol. The minimum Gasteiger partial charge on any atom is -0.482 e. The van der Waals surface area contributed by atoms with E-state index < -0.39 is 36.4 Å². The maximum atomic E-state index is 12.3. The summed E-state index contributed by atoms with van der Waals surface area (Å²) < 4.78 is 42.2. The summed E-state index contributed by atoms with van der Waals surface area (Å²) in [6.07, 6.45) is -6.75. The quantitative estimate of drug-likeness (QED) is 0.798. The number of carboxylic acids is 1. The van der Waals surface area contributed by atoms with E-state index in [1.807, 2.05) is 5.32 Å². The number of hydrogen-bond donors (Lipinski definition) is 2. The Hall–Kier alpha value is -2.78. The summed E-state index contributed by atoms with van der Waals surface area (Å²) in [7, 11) is 0. The maximum Gasteiger partial charge on any atom is 0.391 e. The number of carboxylic acid groups (broad SMARTS) is 1. The van der Waals surface area contributed by atoms with E-state index in [0.29, 0.717) is 11.4 Å². The van der Waals surface area contributed by atoms with Crippen molar-refractivity contribution >= 4 is 23.5 Å². The number of nitrogens with one attached hydrogen (secondary N) is 1. The standard InChI is InChI=1S/C15H15F3N2O5/c16-15(17,18)7-9(14(23)24)19-12(21)5-6-20-10-3-1-2-4-11(10)25-8-13(20)22/h1-4,9H,5-8H2,(H,19,21)(H,23,24). The first kappa shape index (κ1) is 18.6. The summed E-state index contributed by atoms with van der Waals surface area (Å²) in [5.74, 6) is -2.63. The first-order valence-electron chi connectivity index (χ1n) is 7.28. The number of nitrogens with zero attached hydrogens (tertiary/aromatic N) is 1. The second-order valence-corrected chi connectivity index (χ2v) is 5.33. The van der Waals surface area contributed by atoms with Crippen molar-refractivity contribution in [2.45, 2.75) is 25.1 Å². The Balaban J connectivity index is 1.97. The van der Waals surface area contributed by atoms with Crippen LogP contribution in [0.1, 0.15) is 12.8 Å². The summed E-state index contributed by atoms with van der Waals surface area (Å²) in [6.45, 7) is -0.326. The van der Waals surface area contributed by atoms with Gasteiger partial charge in [0.25, 0.3) is 5.91 Å². The molecule has 0 bridgehead atoms. The zero-order valence-electron chi connectivity index (χ0n) is 12.9. The highest BCUT2D eigenvalue weighted by atomic mass is 19.4. The van der Waals surface area contributed by atoms with Crippen LogP contribution < -0.4 is 15.0 Å². The number of ether oxygens (including phenoxy) is 1. The van der Waals surface area contributed by atoms with E-state index in [4.69, 9.17) is 9.84 Å². The highest BCUT2D eigenvalue weighted by Gasteiger charge is 2.36. The number of fused-ring (bicyclic) bond motifs is 1.